The highest BCUT2D eigenvalue weighted by Gasteiger charge is 2.06. The highest BCUT2D eigenvalue weighted by atomic mass is 16.5. The van der Waals surface area contributed by atoms with E-state index in [4.69, 9.17) is 4.74 Å². The molecule has 0 aliphatic rings. The van der Waals surface area contributed by atoms with Crippen molar-refractivity contribution < 1.29 is 4.74 Å². The number of aryl methyl sites for hydroxylation is 1. The summed E-state index contributed by atoms with van der Waals surface area (Å²) in [6.07, 6.45) is 0.873. The predicted octanol–water partition coefficient (Wildman–Crippen LogP) is 3.37. The Balaban J connectivity index is 1.39. The monoisotopic (exact) mass is 394 g/mol. The molecular formula is C22H30N6O. The van der Waals surface area contributed by atoms with Crippen molar-refractivity contribution in [2.24, 2.45) is 7.05 Å². The van der Waals surface area contributed by atoms with E-state index in [1.807, 2.05) is 37.4 Å². The summed E-state index contributed by atoms with van der Waals surface area (Å²) in [5, 5.41) is 11.0. The molecule has 0 amide bonds. The highest BCUT2D eigenvalue weighted by Crippen LogP contribution is 2.15. The molecule has 1 aromatic heterocycles. The number of hydrogen-bond donors (Lipinski definition) is 2. The normalized spacial score (nSPS) is 10.9. The van der Waals surface area contributed by atoms with Crippen LogP contribution in [0.1, 0.15) is 17.5 Å². The topological polar surface area (TPSA) is 67.2 Å². The van der Waals surface area contributed by atoms with E-state index < -0.39 is 0 Å². The van der Waals surface area contributed by atoms with Crippen LogP contribution in [0.25, 0.3) is 0 Å². The molecule has 0 aliphatic heterocycles. The lowest BCUT2D eigenvalue weighted by Gasteiger charge is -2.12. The van der Waals surface area contributed by atoms with E-state index in [9.17, 15) is 0 Å². The van der Waals surface area contributed by atoms with Gasteiger partial charge < -0.3 is 20.3 Å². The first kappa shape index (κ1) is 20.7. The van der Waals surface area contributed by atoms with E-state index in [0.717, 1.165) is 31.2 Å². The average molecular weight is 395 g/mol. The van der Waals surface area contributed by atoms with Gasteiger partial charge in [-0.1, -0.05) is 42.5 Å². The zero-order chi connectivity index (χ0) is 20.5. The largest absolute Gasteiger partial charge is 0.494 e. The van der Waals surface area contributed by atoms with E-state index in [0.29, 0.717) is 19.1 Å². The molecule has 0 saturated carbocycles. The van der Waals surface area contributed by atoms with Gasteiger partial charge in [0.05, 0.1) is 6.61 Å². The molecule has 29 heavy (non-hydrogen) atoms. The standard InChI is InChI=1S/C22H30N6O/c1-27(2)17-19-11-7-12-20(15-19)29-14-8-13-23-22-25-21(26-28(22)3)24-16-18-9-5-4-6-10-18/h4-7,9-12,15H,8,13-14,16-17H2,1-3H3,(H2,23,24,25,26). The third kappa shape index (κ3) is 6.80. The van der Waals surface area contributed by atoms with Crippen LogP contribution in [-0.2, 0) is 20.1 Å². The van der Waals surface area contributed by atoms with Gasteiger partial charge in [-0.2, -0.15) is 4.98 Å². The number of ether oxygens (including phenoxy) is 1. The van der Waals surface area contributed by atoms with E-state index in [1.165, 1.54) is 11.1 Å². The highest BCUT2D eigenvalue weighted by molar-refractivity contribution is 5.36. The Bertz CT molecular complexity index is 878. The molecule has 7 heteroatoms. The van der Waals surface area contributed by atoms with Gasteiger partial charge in [0.25, 0.3) is 0 Å². The van der Waals surface area contributed by atoms with Crippen LogP contribution in [-0.4, -0.2) is 46.9 Å². The molecule has 3 rings (SSSR count). The summed E-state index contributed by atoms with van der Waals surface area (Å²) in [6, 6.07) is 18.5. The van der Waals surface area contributed by atoms with Gasteiger partial charge in [-0.15, -0.1) is 5.10 Å². The molecule has 0 radical (unpaired) electrons. The minimum Gasteiger partial charge on any atom is -0.494 e. The number of benzene rings is 2. The maximum absolute atomic E-state index is 5.88. The molecule has 1 heterocycles. The van der Waals surface area contributed by atoms with Crippen LogP contribution in [0.15, 0.2) is 54.6 Å². The Morgan fingerprint density at radius 3 is 2.59 bits per heavy atom. The summed E-state index contributed by atoms with van der Waals surface area (Å²) in [4.78, 5) is 6.65. The van der Waals surface area contributed by atoms with Gasteiger partial charge in [0.2, 0.25) is 11.9 Å². The lowest BCUT2D eigenvalue weighted by Crippen LogP contribution is -2.11. The van der Waals surface area contributed by atoms with E-state index in [2.05, 4.69) is 64.0 Å². The summed E-state index contributed by atoms with van der Waals surface area (Å²) in [5.41, 5.74) is 2.45. The van der Waals surface area contributed by atoms with Crippen LogP contribution in [0.3, 0.4) is 0 Å². The third-order valence-corrected chi connectivity index (χ3v) is 4.33. The Kier molecular flexibility index (Phi) is 7.47. The number of hydrogen-bond acceptors (Lipinski definition) is 6. The number of rotatable bonds is 11. The average Bonchev–Trinajstić information content (AvgIpc) is 3.06. The van der Waals surface area contributed by atoms with Crippen LogP contribution in [0, 0.1) is 0 Å². The molecule has 0 bridgehead atoms. The molecule has 0 spiro atoms. The molecule has 0 aliphatic carbocycles. The fraction of sp³-hybridized carbons (Fsp3) is 0.364. The zero-order valence-corrected chi connectivity index (χ0v) is 17.4. The number of anilines is 2. The smallest absolute Gasteiger partial charge is 0.244 e. The van der Waals surface area contributed by atoms with Crippen molar-refractivity contribution in [2.75, 3.05) is 37.9 Å². The molecule has 2 aromatic carbocycles. The van der Waals surface area contributed by atoms with Gasteiger partial charge in [-0.25, -0.2) is 4.68 Å². The second kappa shape index (κ2) is 10.5. The van der Waals surface area contributed by atoms with Gasteiger partial charge in [0.1, 0.15) is 5.75 Å². The second-order valence-corrected chi connectivity index (χ2v) is 7.24. The first-order chi connectivity index (χ1) is 14.1. The minimum atomic E-state index is 0.618. The summed E-state index contributed by atoms with van der Waals surface area (Å²) >= 11 is 0. The number of aromatic nitrogens is 3. The first-order valence-electron chi connectivity index (χ1n) is 9.89. The predicted molar refractivity (Wildman–Crippen MR) is 117 cm³/mol. The Labute approximate surface area is 172 Å². The zero-order valence-electron chi connectivity index (χ0n) is 17.4. The molecule has 0 fully saturated rings. The molecule has 3 aromatic rings. The van der Waals surface area contributed by atoms with Crippen LogP contribution in [0.5, 0.6) is 5.75 Å². The maximum Gasteiger partial charge on any atom is 0.244 e. The summed E-state index contributed by atoms with van der Waals surface area (Å²) < 4.78 is 7.62. The van der Waals surface area contributed by atoms with Crippen molar-refractivity contribution in [3.8, 4) is 5.75 Å². The summed E-state index contributed by atoms with van der Waals surface area (Å²) in [6.45, 7) is 3.02. The van der Waals surface area contributed by atoms with E-state index in [1.54, 1.807) is 4.68 Å². The Hall–Kier alpha value is -3.06. The van der Waals surface area contributed by atoms with Gasteiger partial charge in [0.15, 0.2) is 0 Å². The fourth-order valence-corrected chi connectivity index (χ4v) is 2.95. The number of nitrogens with zero attached hydrogens (tertiary/aromatic N) is 4. The van der Waals surface area contributed by atoms with Crippen LogP contribution >= 0.6 is 0 Å². The molecule has 7 nitrogen and oxygen atoms in total. The second-order valence-electron chi connectivity index (χ2n) is 7.24. The van der Waals surface area contributed by atoms with Crippen molar-refractivity contribution in [2.45, 2.75) is 19.5 Å². The lowest BCUT2D eigenvalue weighted by atomic mass is 10.2. The quantitative estimate of drug-likeness (QED) is 0.486. The fourth-order valence-electron chi connectivity index (χ4n) is 2.95. The van der Waals surface area contributed by atoms with Crippen molar-refractivity contribution in [3.05, 3.63) is 65.7 Å². The lowest BCUT2D eigenvalue weighted by molar-refractivity contribution is 0.313. The van der Waals surface area contributed by atoms with Crippen LogP contribution in [0.2, 0.25) is 0 Å². The summed E-state index contributed by atoms with van der Waals surface area (Å²) in [5.74, 6) is 2.27. The van der Waals surface area contributed by atoms with Gasteiger partial charge in [-0.3, -0.25) is 0 Å². The Morgan fingerprint density at radius 1 is 1.00 bits per heavy atom. The van der Waals surface area contributed by atoms with E-state index >= 15 is 0 Å². The summed E-state index contributed by atoms with van der Waals surface area (Å²) in [7, 11) is 6.01. The number of nitrogens with one attached hydrogen (secondary N) is 2. The molecule has 0 atom stereocenters. The van der Waals surface area contributed by atoms with Crippen LogP contribution in [0.4, 0.5) is 11.9 Å². The van der Waals surface area contributed by atoms with Crippen molar-refractivity contribution in [1.82, 2.24) is 19.7 Å². The molecule has 0 saturated heterocycles. The van der Waals surface area contributed by atoms with Crippen molar-refractivity contribution in [3.63, 3.8) is 0 Å². The van der Waals surface area contributed by atoms with Crippen LogP contribution < -0.4 is 15.4 Å². The molecule has 0 unspecified atom stereocenters. The van der Waals surface area contributed by atoms with Gasteiger partial charge in [-0.05, 0) is 43.8 Å². The van der Waals surface area contributed by atoms with Crippen molar-refractivity contribution in [1.29, 1.82) is 0 Å². The maximum atomic E-state index is 5.88. The molecule has 154 valence electrons. The van der Waals surface area contributed by atoms with E-state index in [-0.39, 0.29) is 0 Å². The first-order valence-corrected chi connectivity index (χ1v) is 9.89. The minimum absolute atomic E-state index is 0.618. The molecule has 2 N–H and O–H groups in total. The van der Waals surface area contributed by atoms with Crippen molar-refractivity contribution >= 4 is 11.9 Å². The SMILES string of the molecule is CN(C)Cc1cccc(OCCCNc2nc(NCc3ccccc3)nn2C)c1. The Morgan fingerprint density at radius 2 is 1.79 bits per heavy atom. The van der Waals surface area contributed by atoms with Gasteiger partial charge in [0, 0.05) is 26.7 Å². The van der Waals surface area contributed by atoms with Gasteiger partial charge >= 0.3 is 0 Å². The molecular weight excluding hydrogens is 364 g/mol. The third-order valence-electron chi connectivity index (χ3n) is 4.33.